The summed E-state index contributed by atoms with van der Waals surface area (Å²) in [7, 11) is 0. The molecule has 2 aliphatic rings. The molecule has 1 saturated carbocycles. The third-order valence-corrected chi connectivity index (χ3v) is 5.93. The van der Waals surface area contributed by atoms with Crippen LogP contribution in [0.15, 0.2) is 24.3 Å². The van der Waals surface area contributed by atoms with E-state index in [4.69, 9.17) is 5.10 Å². The molecule has 0 radical (unpaired) electrons. The van der Waals surface area contributed by atoms with Crippen LogP contribution >= 0.6 is 0 Å². The highest BCUT2D eigenvalue weighted by Crippen LogP contribution is 2.40. The Kier molecular flexibility index (Phi) is 5.24. The minimum absolute atomic E-state index is 0.0906. The maximum atomic E-state index is 14.0. The van der Waals surface area contributed by atoms with Gasteiger partial charge in [-0.3, -0.25) is 14.3 Å². The zero-order valence-electron chi connectivity index (χ0n) is 17.6. The van der Waals surface area contributed by atoms with E-state index in [2.05, 4.69) is 0 Å². The van der Waals surface area contributed by atoms with E-state index < -0.39 is 23.3 Å². The van der Waals surface area contributed by atoms with Crippen molar-refractivity contribution in [3.63, 3.8) is 0 Å². The number of rotatable bonds is 4. The predicted octanol–water partition coefficient (Wildman–Crippen LogP) is 4.53. The number of Topliss-reactive ketones (excluding diaryl/α,β-unsaturated/α-hetero) is 1. The van der Waals surface area contributed by atoms with Gasteiger partial charge in [0.25, 0.3) is 5.91 Å². The topological polar surface area (TPSA) is 55.2 Å². The van der Waals surface area contributed by atoms with Crippen LogP contribution in [-0.2, 0) is 5.54 Å². The van der Waals surface area contributed by atoms with Crippen molar-refractivity contribution in [2.75, 3.05) is 13.1 Å². The van der Waals surface area contributed by atoms with Crippen molar-refractivity contribution < 1.29 is 18.4 Å². The van der Waals surface area contributed by atoms with Crippen molar-refractivity contribution in [3.8, 4) is 0 Å². The molecule has 1 aromatic heterocycles. The van der Waals surface area contributed by atoms with E-state index in [1.54, 1.807) is 4.90 Å². The van der Waals surface area contributed by atoms with Crippen LogP contribution < -0.4 is 0 Å². The first-order chi connectivity index (χ1) is 14.1. The first kappa shape index (κ1) is 20.7. The quantitative estimate of drug-likeness (QED) is 0.690. The minimum Gasteiger partial charge on any atom is -0.337 e. The summed E-state index contributed by atoms with van der Waals surface area (Å²) >= 11 is 0. The number of likely N-dealkylation sites (tertiary alicyclic amines) is 1. The molecular weight excluding hydrogens is 388 g/mol. The second-order valence-corrected chi connectivity index (χ2v) is 9.37. The molecule has 2 fully saturated rings. The molecule has 1 amide bonds. The zero-order valence-corrected chi connectivity index (χ0v) is 17.6. The lowest BCUT2D eigenvalue weighted by atomic mass is 9.88. The Labute approximate surface area is 175 Å². The van der Waals surface area contributed by atoms with Gasteiger partial charge in [-0.05, 0) is 70.7 Å². The molecular formula is C23H27F2N3O2. The van der Waals surface area contributed by atoms with E-state index in [-0.39, 0.29) is 17.0 Å². The highest BCUT2D eigenvalue weighted by molar-refractivity contribution is 5.98. The van der Waals surface area contributed by atoms with Gasteiger partial charge in [0.2, 0.25) is 0 Å². The standard InChI is InChI=1S/C23H27F2N3O2/c1-23(2,3)28-20(13-19(26-28)14-4-5-14)22(30)27-10-8-15(9-11-27)21(29)17-12-16(24)6-7-18(17)25/h6-7,12-15H,4-5,8-11H2,1-3H3. The van der Waals surface area contributed by atoms with E-state index in [0.29, 0.717) is 37.5 Å². The van der Waals surface area contributed by atoms with Gasteiger partial charge >= 0.3 is 0 Å². The number of carbonyl (C=O) groups is 2. The first-order valence-electron chi connectivity index (χ1n) is 10.5. The van der Waals surface area contributed by atoms with Crippen molar-refractivity contribution in [3.05, 3.63) is 52.9 Å². The summed E-state index contributed by atoms with van der Waals surface area (Å²) in [5, 5.41) is 4.70. The van der Waals surface area contributed by atoms with Crippen LogP contribution in [0.3, 0.4) is 0 Å². The van der Waals surface area contributed by atoms with Gasteiger partial charge in [0.15, 0.2) is 5.78 Å². The number of aromatic nitrogens is 2. The molecule has 0 spiro atoms. The van der Waals surface area contributed by atoms with Crippen LogP contribution in [-0.4, -0.2) is 39.5 Å². The smallest absolute Gasteiger partial charge is 0.272 e. The Morgan fingerprint density at radius 2 is 1.70 bits per heavy atom. The Hall–Kier alpha value is -2.57. The lowest BCUT2D eigenvalue weighted by Crippen LogP contribution is -2.42. The van der Waals surface area contributed by atoms with E-state index in [0.717, 1.165) is 36.7 Å². The second kappa shape index (κ2) is 7.60. The molecule has 5 nitrogen and oxygen atoms in total. The molecule has 0 N–H and O–H groups in total. The van der Waals surface area contributed by atoms with Crippen molar-refractivity contribution in [1.29, 1.82) is 0 Å². The number of hydrogen-bond donors (Lipinski definition) is 0. The molecule has 160 valence electrons. The highest BCUT2D eigenvalue weighted by atomic mass is 19.1. The Morgan fingerprint density at radius 3 is 2.30 bits per heavy atom. The molecule has 30 heavy (non-hydrogen) atoms. The number of hydrogen-bond acceptors (Lipinski definition) is 3. The third-order valence-electron chi connectivity index (χ3n) is 5.93. The number of piperidine rings is 1. The molecule has 7 heteroatoms. The van der Waals surface area contributed by atoms with Crippen LogP contribution in [0.5, 0.6) is 0 Å². The number of amides is 1. The average molecular weight is 415 g/mol. The molecule has 0 bridgehead atoms. The predicted molar refractivity (Wildman–Crippen MR) is 109 cm³/mol. The second-order valence-electron chi connectivity index (χ2n) is 9.37. The van der Waals surface area contributed by atoms with Gasteiger partial charge in [-0.15, -0.1) is 0 Å². The average Bonchev–Trinajstić information content (AvgIpc) is 3.46. The Morgan fingerprint density at radius 1 is 1.03 bits per heavy atom. The van der Waals surface area contributed by atoms with E-state index in [1.807, 2.05) is 31.5 Å². The molecule has 1 aliphatic heterocycles. The maximum Gasteiger partial charge on any atom is 0.272 e. The van der Waals surface area contributed by atoms with Gasteiger partial charge in [-0.25, -0.2) is 8.78 Å². The van der Waals surface area contributed by atoms with Crippen LogP contribution in [0, 0.1) is 17.6 Å². The summed E-state index contributed by atoms with van der Waals surface area (Å²) in [5.74, 6) is -1.79. The summed E-state index contributed by atoms with van der Waals surface area (Å²) < 4.78 is 29.2. The van der Waals surface area contributed by atoms with Gasteiger partial charge in [-0.1, -0.05) is 0 Å². The lowest BCUT2D eigenvalue weighted by Gasteiger charge is -2.32. The Balaban J connectivity index is 1.47. The van der Waals surface area contributed by atoms with Crippen molar-refractivity contribution in [2.45, 2.75) is 57.9 Å². The van der Waals surface area contributed by atoms with E-state index in [9.17, 15) is 18.4 Å². The van der Waals surface area contributed by atoms with Crippen LogP contribution in [0.2, 0.25) is 0 Å². The zero-order chi connectivity index (χ0) is 21.6. The fourth-order valence-electron chi connectivity index (χ4n) is 4.05. The van der Waals surface area contributed by atoms with E-state index >= 15 is 0 Å². The largest absolute Gasteiger partial charge is 0.337 e. The lowest BCUT2D eigenvalue weighted by molar-refractivity contribution is 0.0633. The molecule has 0 atom stereocenters. The number of ketones is 1. The van der Waals surface area contributed by atoms with Crippen molar-refractivity contribution in [2.24, 2.45) is 5.92 Å². The molecule has 0 unspecified atom stereocenters. The summed E-state index contributed by atoms with van der Waals surface area (Å²) in [6.45, 7) is 6.87. The summed E-state index contributed by atoms with van der Waals surface area (Å²) in [6.07, 6.45) is 3.08. The maximum absolute atomic E-state index is 14.0. The van der Waals surface area contributed by atoms with Crippen molar-refractivity contribution in [1.82, 2.24) is 14.7 Å². The van der Waals surface area contributed by atoms with Gasteiger partial charge < -0.3 is 4.90 Å². The SMILES string of the molecule is CC(C)(C)n1nc(C2CC2)cc1C(=O)N1CCC(C(=O)c2cc(F)ccc2F)CC1. The highest BCUT2D eigenvalue weighted by Gasteiger charge is 2.35. The number of halogens is 2. The van der Waals surface area contributed by atoms with Crippen LogP contribution in [0.4, 0.5) is 8.78 Å². The summed E-state index contributed by atoms with van der Waals surface area (Å²) in [6, 6.07) is 4.84. The third kappa shape index (κ3) is 4.02. The minimum atomic E-state index is -0.707. The molecule has 4 rings (SSSR count). The molecule has 1 aliphatic carbocycles. The van der Waals surface area contributed by atoms with Gasteiger partial charge in [0, 0.05) is 24.9 Å². The fraction of sp³-hybridized carbons (Fsp3) is 0.522. The van der Waals surface area contributed by atoms with Gasteiger partial charge in [-0.2, -0.15) is 5.10 Å². The normalized spacial score (nSPS) is 18.0. The van der Waals surface area contributed by atoms with Gasteiger partial charge in [0.1, 0.15) is 17.3 Å². The summed E-state index contributed by atoms with van der Waals surface area (Å²) in [4.78, 5) is 27.6. The molecule has 1 saturated heterocycles. The first-order valence-corrected chi connectivity index (χ1v) is 10.5. The van der Waals surface area contributed by atoms with Crippen LogP contribution in [0.25, 0.3) is 0 Å². The van der Waals surface area contributed by atoms with Gasteiger partial charge in [0.05, 0.1) is 16.8 Å². The number of benzene rings is 1. The summed E-state index contributed by atoms with van der Waals surface area (Å²) in [5.41, 5.74) is 1.02. The number of carbonyl (C=O) groups excluding carboxylic acids is 2. The molecule has 2 heterocycles. The Bertz CT molecular complexity index is 981. The molecule has 2 aromatic rings. The van der Waals surface area contributed by atoms with E-state index in [1.165, 1.54) is 0 Å². The van der Waals surface area contributed by atoms with Crippen molar-refractivity contribution >= 4 is 11.7 Å². The molecule has 1 aromatic carbocycles. The number of nitrogens with zero attached hydrogens (tertiary/aromatic N) is 3. The van der Waals surface area contributed by atoms with Crippen LogP contribution in [0.1, 0.15) is 78.9 Å². The fourth-order valence-corrected chi connectivity index (χ4v) is 4.05. The monoisotopic (exact) mass is 415 g/mol.